The molecule has 0 saturated carbocycles. The van der Waals surface area contributed by atoms with E-state index in [2.05, 4.69) is 5.09 Å². The van der Waals surface area contributed by atoms with E-state index in [-0.39, 0.29) is 0 Å². The van der Waals surface area contributed by atoms with Crippen LogP contribution in [-0.2, 0) is 20.9 Å². The first-order valence-corrected chi connectivity index (χ1v) is 5.78. The van der Waals surface area contributed by atoms with Crippen molar-refractivity contribution < 1.29 is 9.05 Å². The van der Waals surface area contributed by atoms with Crippen molar-refractivity contribution in [3.05, 3.63) is 0 Å². The maximum Gasteiger partial charge on any atom is 0.277 e. The van der Waals surface area contributed by atoms with Crippen LogP contribution in [0.5, 0.6) is 0 Å². The average molecular weight is 182 g/mol. The molecule has 0 spiro atoms. The Morgan fingerprint density at radius 2 is 1.70 bits per heavy atom. The molecule has 0 aromatic heterocycles. The molecule has 0 bridgehead atoms. The fraction of sp³-hybridized carbons (Fsp3) is 1.00. The maximum atomic E-state index is 5.16. The fourth-order valence-electron chi connectivity index (χ4n) is 0.479. The first-order valence-electron chi connectivity index (χ1n) is 3.19. The normalized spacial score (nSPS) is 11.9. The summed E-state index contributed by atoms with van der Waals surface area (Å²) in [5, 5.41) is 3.88. The van der Waals surface area contributed by atoms with Crippen LogP contribution in [0.4, 0.5) is 0 Å². The minimum Gasteiger partial charge on any atom is -0.317 e. The summed E-state index contributed by atoms with van der Waals surface area (Å²) in [4.78, 5) is 0. The van der Waals surface area contributed by atoms with Gasteiger partial charge < -0.3 is 9.05 Å². The van der Waals surface area contributed by atoms with Crippen LogP contribution in [0, 0.1) is 0 Å². The molecule has 3 nitrogen and oxygen atoms in total. The van der Waals surface area contributed by atoms with E-state index in [0.717, 1.165) is 0 Å². The second kappa shape index (κ2) is 5.22. The van der Waals surface area contributed by atoms with E-state index in [1.807, 2.05) is 13.8 Å². The highest BCUT2D eigenvalue weighted by Gasteiger charge is 2.14. The van der Waals surface area contributed by atoms with E-state index < -0.39 is 6.64 Å². The molecule has 0 N–H and O–H groups in total. The Morgan fingerprint density at radius 3 is 1.90 bits per heavy atom. The molecule has 10 heavy (non-hydrogen) atoms. The Balaban J connectivity index is 3.83. The molecule has 1 radical (unpaired) electrons. The summed E-state index contributed by atoms with van der Waals surface area (Å²) < 4.78 is 10.3. The summed E-state index contributed by atoms with van der Waals surface area (Å²) in [6, 6.07) is 0. The van der Waals surface area contributed by atoms with Crippen LogP contribution in [0.1, 0.15) is 13.8 Å². The second-order valence-corrected chi connectivity index (χ2v) is 4.74. The van der Waals surface area contributed by atoms with Crippen molar-refractivity contribution in [3.63, 3.8) is 0 Å². The second-order valence-electron chi connectivity index (χ2n) is 1.50. The number of rotatable bonds is 5. The van der Waals surface area contributed by atoms with E-state index in [9.17, 15) is 0 Å². The highest BCUT2D eigenvalue weighted by Crippen LogP contribution is 2.44. The lowest BCUT2D eigenvalue weighted by atomic mass is 10.9. The van der Waals surface area contributed by atoms with Gasteiger partial charge >= 0.3 is 0 Å². The fourth-order valence-corrected chi connectivity index (χ4v) is 2.07. The molecule has 0 saturated heterocycles. The molecule has 5 heteroatoms. The van der Waals surface area contributed by atoms with Crippen molar-refractivity contribution in [1.29, 1.82) is 0 Å². The minimum absolute atomic E-state index is 0.564. The molecule has 61 valence electrons. The van der Waals surface area contributed by atoms with Gasteiger partial charge in [0.05, 0.1) is 13.2 Å². The molecule has 0 amide bonds. The third kappa shape index (κ3) is 3.64. The Hall–Kier alpha value is 0.530. The van der Waals surface area contributed by atoms with Crippen LogP contribution in [0.2, 0.25) is 0 Å². The Morgan fingerprint density at radius 1 is 1.30 bits per heavy atom. The molecular formula is C5H13NO2PS. The summed E-state index contributed by atoms with van der Waals surface area (Å²) >= 11 is 5.00. The molecular weight excluding hydrogens is 169 g/mol. The van der Waals surface area contributed by atoms with Crippen molar-refractivity contribution in [2.24, 2.45) is 0 Å². The van der Waals surface area contributed by atoms with Crippen molar-refractivity contribution in [2.45, 2.75) is 13.8 Å². The van der Waals surface area contributed by atoms with Gasteiger partial charge in [-0.2, -0.15) is 5.09 Å². The van der Waals surface area contributed by atoms with Crippen LogP contribution < -0.4 is 5.09 Å². The zero-order chi connectivity index (χ0) is 8.04. The van der Waals surface area contributed by atoms with Gasteiger partial charge in [-0.15, -0.1) is 0 Å². The lowest BCUT2D eigenvalue weighted by Crippen LogP contribution is -2.02. The molecule has 0 aliphatic carbocycles. The van der Waals surface area contributed by atoms with Crippen LogP contribution >= 0.6 is 6.64 Å². The van der Waals surface area contributed by atoms with Crippen LogP contribution in [0.25, 0.3) is 0 Å². The Kier molecular flexibility index (Phi) is 5.49. The third-order valence-corrected chi connectivity index (χ3v) is 3.61. The zero-order valence-corrected chi connectivity index (χ0v) is 8.24. The van der Waals surface area contributed by atoms with E-state index >= 15 is 0 Å². The summed E-state index contributed by atoms with van der Waals surface area (Å²) in [5.41, 5.74) is 0. The number of nitrogens with zero attached hydrogens (tertiary/aromatic N) is 1. The van der Waals surface area contributed by atoms with Crippen molar-refractivity contribution >= 4 is 18.4 Å². The number of hydrogen-bond donors (Lipinski definition) is 0. The first-order chi connectivity index (χ1) is 4.68. The SMILES string of the molecule is CCOP(=S)([N]C)OCC. The van der Waals surface area contributed by atoms with Crippen LogP contribution in [0.15, 0.2) is 0 Å². The summed E-state index contributed by atoms with van der Waals surface area (Å²) in [6.07, 6.45) is 0. The molecule has 0 heterocycles. The zero-order valence-electron chi connectivity index (χ0n) is 6.53. The van der Waals surface area contributed by atoms with Gasteiger partial charge in [-0.05, 0) is 25.7 Å². The minimum atomic E-state index is -2.24. The predicted molar refractivity (Wildman–Crippen MR) is 45.6 cm³/mol. The molecule has 0 aromatic rings. The van der Waals surface area contributed by atoms with Gasteiger partial charge in [0.15, 0.2) is 0 Å². The number of hydrogen-bond acceptors (Lipinski definition) is 3. The maximum absolute atomic E-state index is 5.16. The molecule has 0 aliphatic heterocycles. The van der Waals surface area contributed by atoms with E-state index in [0.29, 0.717) is 13.2 Å². The molecule has 0 atom stereocenters. The predicted octanol–water partition coefficient (Wildman–Crippen LogP) is 1.52. The monoisotopic (exact) mass is 182 g/mol. The van der Waals surface area contributed by atoms with Gasteiger partial charge in [0.1, 0.15) is 0 Å². The van der Waals surface area contributed by atoms with Gasteiger partial charge in [0.2, 0.25) is 0 Å². The summed E-state index contributed by atoms with van der Waals surface area (Å²) in [7, 11) is 1.63. The van der Waals surface area contributed by atoms with Gasteiger partial charge in [0.25, 0.3) is 6.64 Å². The smallest absolute Gasteiger partial charge is 0.277 e. The van der Waals surface area contributed by atoms with Gasteiger partial charge in [0, 0.05) is 7.05 Å². The van der Waals surface area contributed by atoms with Crippen LogP contribution in [-0.4, -0.2) is 20.3 Å². The van der Waals surface area contributed by atoms with Gasteiger partial charge in [-0.1, -0.05) is 0 Å². The van der Waals surface area contributed by atoms with E-state index in [1.54, 1.807) is 7.05 Å². The quantitative estimate of drug-likeness (QED) is 0.604. The lowest BCUT2D eigenvalue weighted by molar-refractivity contribution is 0.260. The van der Waals surface area contributed by atoms with Crippen LogP contribution in [0.3, 0.4) is 0 Å². The molecule has 0 fully saturated rings. The van der Waals surface area contributed by atoms with Crippen molar-refractivity contribution in [1.82, 2.24) is 5.09 Å². The molecule has 0 rings (SSSR count). The standard InChI is InChI=1S/C5H13NO2PS/c1-4-7-9(10,6-3)8-5-2/h4-5H2,1-3H3. The molecule has 0 aromatic carbocycles. The highest BCUT2D eigenvalue weighted by atomic mass is 32.5. The molecule has 0 aliphatic rings. The Bertz CT molecular complexity index is 121. The summed E-state index contributed by atoms with van der Waals surface area (Å²) in [6.45, 7) is 2.65. The van der Waals surface area contributed by atoms with E-state index in [1.165, 1.54) is 0 Å². The largest absolute Gasteiger partial charge is 0.317 e. The van der Waals surface area contributed by atoms with Gasteiger partial charge in [-0.3, -0.25) is 0 Å². The Labute approximate surface area is 67.3 Å². The first kappa shape index (κ1) is 10.5. The molecule has 0 unspecified atom stereocenters. The average Bonchev–Trinajstić information content (AvgIpc) is 1.89. The summed E-state index contributed by atoms with van der Waals surface area (Å²) in [5.74, 6) is 0. The van der Waals surface area contributed by atoms with Crippen molar-refractivity contribution in [3.8, 4) is 0 Å². The highest BCUT2D eigenvalue weighted by molar-refractivity contribution is 8.08. The van der Waals surface area contributed by atoms with E-state index in [4.69, 9.17) is 20.9 Å². The lowest BCUT2D eigenvalue weighted by Gasteiger charge is -2.17. The van der Waals surface area contributed by atoms with Gasteiger partial charge in [-0.25, -0.2) is 0 Å². The topological polar surface area (TPSA) is 32.6 Å². The third-order valence-electron chi connectivity index (χ3n) is 0.829. The van der Waals surface area contributed by atoms with Crippen molar-refractivity contribution in [2.75, 3.05) is 20.3 Å².